The van der Waals surface area contributed by atoms with Crippen molar-refractivity contribution in [2.45, 2.75) is 12.8 Å². The number of Topliss-reactive ketones (excluding diaryl/α,β-unsaturated/α-hetero) is 1. The lowest BCUT2D eigenvalue weighted by Crippen LogP contribution is -2.02. The fourth-order valence-corrected chi connectivity index (χ4v) is 2.49. The summed E-state index contributed by atoms with van der Waals surface area (Å²) in [6.45, 7) is 0. The van der Waals surface area contributed by atoms with Gasteiger partial charge < -0.3 is 11.1 Å². The Kier molecular flexibility index (Phi) is 2.37. The maximum absolute atomic E-state index is 11.8. The van der Waals surface area contributed by atoms with Crippen LogP contribution in [0.25, 0.3) is 0 Å². The Labute approximate surface area is 91.7 Å². The summed E-state index contributed by atoms with van der Waals surface area (Å²) in [7, 11) is 1.72. The zero-order valence-electron chi connectivity index (χ0n) is 8.33. The zero-order chi connectivity index (χ0) is 11.0. The van der Waals surface area contributed by atoms with Crippen molar-refractivity contribution in [2.24, 2.45) is 5.92 Å². The summed E-state index contributed by atoms with van der Waals surface area (Å²) in [5, 5.41) is 12.5. The molecule has 1 heterocycles. The van der Waals surface area contributed by atoms with Crippen LogP contribution in [0.2, 0.25) is 0 Å². The van der Waals surface area contributed by atoms with Gasteiger partial charge in [0.2, 0.25) is 0 Å². The van der Waals surface area contributed by atoms with Gasteiger partial charge in [0.25, 0.3) is 0 Å². The number of ketones is 1. The number of nitrogens with zero attached hydrogens (tertiary/aromatic N) is 1. The zero-order valence-corrected chi connectivity index (χ0v) is 9.15. The van der Waals surface area contributed by atoms with E-state index in [2.05, 4.69) is 5.32 Å². The maximum Gasteiger partial charge on any atom is 0.178 e. The number of nitrogens with two attached hydrogens (primary N) is 1. The standard InChI is InChI=1S/C10H11N3OS/c1-13-10-6(4-11)7(12)9(15-10)8(14)5-2-3-5/h5,13H,2-3,12H2,1H3. The van der Waals surface area contributed by atoms with Gasteiger partial charge in [0.15, 0.2) is 5.78 Å². The largest absolute Gasteiger partial charge is 0.396 e. The smallest absolute Gasteiger partial charge is 0.178 e. The van der Waals surface area contributed by atoms with E-state index in [9.17, 15) is 4.79 Å². The second-order valence-electron chi connectivity index (χ2n) is 3.55. The lowest BCUT2D eigenvalue weighted by molar-refractivity contribution is 0.0972. The van der Waals surface area contributed by atoms with Gasteiger partial charge in [-0.05, 0) is 12.8 Å². The quantitative estimate of drug-likeness (QED) is 0.763. The molecule has 1 aliphatic carbocycles. The van der Waals surface area contributed by atoms with Crippen molar-refractivity contribution in [2.75, 3.05) is 18.1 Å². The summed E-state index contributed by atoms with van der Waals surface area (Å²) in [5.41, 5.74) is 6.52. The lowest BCUT2D eigenvalue weighted by Gasteiger charge is -1.94. The number of carbonyl (C=O) groups is 1. The van der Waals surface area contributed by atoms with Crippen LogP contribution in [0, 0.1) is 17.2 Å². The molecule has 0 amide bonds. The highest BCUT2D eigenvalue weighted by molar-refractivity contribution is 7.19. The van der Waals surface area contributed by atoms with E-state index in [1.807, 2.05) is 6.07 Å². The Morgan fingerprint density at radius 1 is 1.67 bits per heavy atom. The van der Waals surface area contributed by atoms with E-state index in [1.54, 1.807) is 7.05 Å². The first-order valence-electron chi connectivity index (χ1n) is 4.73. The third kappa shape index (κ3) is 1.57. The third-order valence-electron chi connectivity index (χ3n) is 2.46. The number of nitriles is 1. The molecule has 1 aromatic rings. The van der Waals surface area contributed by atoms with Gasteiger partial charge in [-0.2, -0.15) is 5.26 Å². The number of hydrogen-bond acceptors (Lipinski definition) is 5. The number of anilines is 2. The van der Waals surface area contributed by atoms with E-state index < -0.39 is 0 Å². The molecule has 3 N–H and O–H groups in total. The first-order chi connectivity index (χ1) is 7.19. The van der Waals surface area contributed by atoms with Crippen LogP contribution in [0.1, 0.15) is 28.1 Å². The monoisotopic (exact) mass is 221 g/mol. The highest BCUT2D eigenvalue weighted by atomic mass is 32.1. The molecule has 0 aromatic carbocycles. The van der Waals surface area contributed by atoms with Gasteiger partial charge in [0.1, 0.15) is 16.6 Å². The molecule has 1 fully saturated rings. The number of nitrogens with one attached hydrogen (secondary N) is 1. The molecule has 15 heavy (non-hydrogen) atoms. The molecule has 0 unspecified atom stereocenters. The summed E-state index contributed by atoms with van der Waals surface area (Å²) in [4.78, 5) is 12.4. The Morgan fingerprint density at radius 3 is 2.73 bits per heavy atom. The molecular formula is C10H11N3OS. The lowest BCUT2D eigenvalue weighted by atomic mass is 10.1. The average molecular weight is 221 g/mol. The number of thiophene rings is 1. The summed E-state index contributed by atoms with van der Waals surface area (Å²) in [6, 6.07) is 2.02. The van der Waals surface area contributed by atoms with Crippen molar-refractivity contribution in [3.05, 3.63) is 10.4 Å². The molecule has 5 heteroatoms. The van der Waals surface area contributed by atoms with Crippen LogP contribution in [-0.4, -0.2) is 12.8 Å². The Hall–Kier alpha value is -1.54. The Balaban J connectivity index is 2.44. The molecular weight excluding hydrogens is 210 g/mol. The van der Waals surface area contributed by atoms with Crippen LogP contribution in [0.4, 0.5) is 10.7 Å². The summed E-state index contributed by atoms with van der Waals surface area (Å²) in [5.74, 6) is 0.234. The van der Waals surface area contributed by atoms with Crippen molar-refractivity contribution < 1.29 is 4.79 Å². The normalized spacial score (nSPS) is 14.7. The van der Waals surface area contributed by atoms with Gasteiger partial charge in [-0.15, -0.1) is 11.3 Å². The molecule has 0 bridgehead atoms. The van der Waals surface area contributed by atoms with Gasteiger partial charge in [-0.3, -0.25) is 4.79 Å². The van der Waals surface area contributed by atoms with E-state index in [0.29, 0.717) is 21.1 Å². The molecule has 0 atom stereocenters. The van der Waals surface area contributed by atoms with Crippen LogP contribution in [0.3, 0.4) is 0 Å². The van der Waals surface area contributed by atoms with E-state index in [1.165, 1.54) is 11.3 Å². The fraction of sp³-hybridized carbons (Fsp3) is 0.400. The number of hydrogen-bond donors (Lipinski definition) is 2. The predicted octanol–water partition coefficient (Wildman–Crippen LogP) is 1.84. The van der Waals surface area contributed by atoms with Crippen LogP contribution in [0.15, 0.2) is 0 Å². The third-order valence-corrected chi connectivity index (χ3v) is 3.69. The van der Waals surface area contributed by atoms with Gasteiger partial charge in [0, 0.05) is 13.0 Å². The first-order valence-corrected chi connectivity index (χ1v) is 5.55. The molecule has 0 radical (unpaired) electrons. The van der Waals surface area contributed by atoms with Crippen molar-refractivity contribution in [1.29, 1.82) is 5.26 Å². The van der Waals surface area contributed by atoms with E-state index in [-0.39, 0.29) is 11.7 Å². The second-order valence-corrected chi connectivity index (χ2v) is 4.57. The first kappa shape index (κ1) is 9.99. The maximum atomic E-state index is 11.8. The summed E-state index contributed by atoms with van der Waals surface area (Å²) >= 11 is 1.28. The van der Waals surface area contributed by atoms with Crippen LogP contribution in [0.5, 0.6) is 0 Å². The molecule has 1 aromatic heterocycles. The molecule has 0 aliphatic heterocycles. The highest BCUT2D eigenvalue weighted by Crippen LogP contribution is 2.41. The number of carbonyl (C=O) groups excluding carboxylic acids is 1. The van der Waals surface area contributed by atoms with Crippen molar-refractivity contribution in [3.8, 4) is 6.07 Å². The minimum absolute atomic E-state index is 0.0931. The molecule has 4 nitrogen and oxygen atoms in total. The Bertz CT molecular complexity index is 454. The van der Waals surface area contributed by atoms with Crippen molar-refractivity contribution >= 4 is 27.8 Å². The second kappa shape index (κ2) is 3.55. The van der Waals surface area contributed by atoms with Gasteiger partial charge in [0.05, 0.1) is 10.6 Å². The molecule has 1 saturated carbocycles. The van der Waals surface area contributed by atoms with Crippen molar-refractivity contribution in [1.82, 2.24) is 0 Å². The van der Waals surface area contributed by atoms with E-state index >= 15 is 0 Å². The topological polar surface area (TPSA) is 78.9 Å². The molecule has 2 rings (SSSR count). The Morgan fingerprint density at radius 2 is 2.33 bits per heavy atom. The molecule has 78 valence electrons. The van der Waals surface area contributed by atoms with Crippen molar-refractivity contribution in [3.63, 3.8) is 0 Å². The van der Waals surface area contributed by atoms with Gasteiger partial charge >= 0.3 is 0 Å². The molecule has 0 spiro atoms. The van der Waals surface area contributed by atoms with Gasteiger partial charge in [-0.25, -0.2) is 0 Å². The minimum atomic E-state index is 0.0931. The van der Waals surface area contributed by atoms with Crippen LogP contribution >= 0.6 is 11.3 Å². The van der Waals surface area contributed by atoms with Crippen LogP contribution < -0.4 is 11.1 Å². The number of rotatable bonds is 3. The average Bonchev–Trinajstić information content (AvgIpc) is 3.02. The summed E-state index contributed by atoms with van der Waals surface area (Å²) < 4.78 is 0. The number of nitrogen functional groups attached to an aromatic ring is 1. The van der Waals surface area contributed by atoms with E-state index in [4.69, 9.17) is 11.0 Å². The molecule has 0 saturated heterocycles. The minimum Gasteiger partial charge on any atom is -0.396 e. The highest BCUT2D eigenvalue weighted by Gasteiger charge is 2.33. The van der Waals surface area contributed by atoms with E-state index in [0.717, 1.165) is 12.8 Å². The molecule has 1 aliphatic rings. The van der Waals surface area contributed by atoms with Gasteiger partial charge in [-0.1, -0.05) is 0 Å². The predicted molar refractivity (Wildman–Crippen MR) is 60.0 cm³/mol. The van der Waals surface area contributed by atoms with Crippen LogP contribution in [-0.2, 0) is 0 Å². The SMILES string of the molecule is CNc1sc(C(=O)C2CC2)c(N)c1C#N. The summed E-state index contributed by atoms with van der Waals surface area (Å²) in [6.07, 6.45) is 1.90. The fourth-order valence-electron chi connectivity index (χ4n) is 1.44.